The second kappa shape index (κ2) is 8.27. The summed E-state index contributed by atoms with van der Waals surface area (Å²) in [7, 11) is 0. The Labute approximate surface area is 145 Å². The zero-order valence-corrected chi connectivity index (χ0v) is 15.2. The molecule has 0 radical (unpaired) electrons. The highest BCUT2D eigenvalue weighted by Gasteiger charge is 2.26. The molecule has 1 aliphatic heterocycles. The minimum absolute atomic E-state index is 0.418. The number of fused-ring (bicyclic) bond motifs is 1. The molecule has 2 rings (SSSR count). The molecular formula is C19H27N3S. The summed E-state index contributed by atoms with van der Waals surface area (Å²) >= 11 is 5.61. The van der Waals surface area contributed by atoms with Crippen LogP contribution in [-0.2, 0) is 6.54 Å². The molecule has 124 valence electrons. The van der Waals surface area contributed by atoms with Crippen molar-refractivity contribution in [2.45, 2.75) is 33.4 Å². The van der Waals surface area contributed by atoms with Gasteiger partial charge < -0.3 is 10.2 Å². The summed E-state index contributed by atoms with van der Waals surface area (Å²) in [6, 6.07) is 8.96. The Bertz CT molecular complexity index is 590. The molecule has 1 aromatic carbocycles. The average Bonchev–Trinajstić information content (AvgIpc) is 2.67. The van der Waals surface area contributed by atoms with Crippen LogP contribution in [0.15, 0.2) is 48.6 Å². The number of nitrogens with one attached hydrogen (secondary N) is 1. The maximum Gasteiger partial charge on any atom is 0.173 e. The van der Waals surface area contributed by atoms with E-state index in [1.54, 1.807) is 0 Å². The highest BCUT2D eigenvalue weighted by molar-refractivity contribution is 7.80. The van der Waals surface area contributed by atoms with Crippen LogP contribution in [0.1, 0.15) is 26.3 Å². The fraction of sp³-hybridized carbons (Fsp3) is 0.421. The van der Waals surface area contributed by atoms with Crippen molar-refractivity contribution in [3.05, 3.63) is 54.1 Å². The molecule has 4 heteroatoms. The van der Waals surface area contributed by atoms with Crippen LogP contribution in [0.2, 0.25) is 0 Å². The molecule has 23 heavy (non-hydrogen) atoms. The van der Waals surface area contributed by atoms with Gasteiger partial charge in [-0.15, -0.1) is 6.58 Å². The molecule has 1 atom stereocenters. The quantitative estimate of drug-likeness (QED) is 0.670. The van der Waals surface area contributed by atoms with E-state index in [4.69, 9.17) is 12.2 Å². The van der Waals surface area contributed by atoms with Gasteiger partial charge in [0.2, 0.25) is 0 Å². The second-order valence-electron chi connectivity index (χ2n) is 6.27. The molecular weight excluding hydrogens is 302 g/mol. The highest BCUT2D eigenvalue weighted by Crippen LogP contribution is 2.27. The van der Waals surface area contributed by atoms with E-state index in [1.807, 2.05) is 6.08 Å². The van der Waals surface area contributed by atoms with Crippen molar-refractivity contribution in [1.82, 2.24) is 10.2 Å². The number of allylic oxidation sites excluding steroid dienone is 1. The minimum Gasteiger partial charge on any atom is -0.359 e. The van der Waals surface area contributed by atoms with Crippen LogP contribution in [0.4, 0.5) is 5.69 Å². The van der Waals surface area contributed by atoms with Crippen LogP contribution < -0.4 is 10.2 Å². The number of benzene rings is 1. The predicted molar refractivity (Wildman–Crippen MR) is 104 cm³/mol. The van der Waals surface area contributed by atoms with E-state index in [9.17, 15) is 0 Å². The van der Waals surface area contributed by atoms with Crippen LogP contribution in [0, 0.1) is 0 Å². The summed E-state index contributed by atoms with van der Waals surface area (Å²) in [4.78, 5) is 4.73. The van der Waals surface area contributed by atoms with Gasteiger partial charge in [0.25, 0.3) is 0 Å². The van der Waals surface area contributed by atoms with Gasteiger partial charge in [-0.1, -0.05) is 35.9 Å². The van der Waals surface area contributed by atoms with Crippen molar-refractivity contribution in [2.75, 3.05) is 24.5 Å². The summed E-state index contributed by atoms with van der Waals surface area (Å²) in [5.41, 5.74) is 3.89. The van der Waals surface area contributed by atoms with Crippen molar-refractivity contribution in [2.24, 2.45) is 0 Å². The zero-order valence-electron chi connectivity index (χ0n) is 14.4. The van der Waals surface area contributed by atoms with Crippen molar-refractivity contribution in [3.8, 4) is 0 Å². The van der Waals surface area contributed by atoms with Crippen LogP contribution in [0.25, 0.3) is 0 Å². The molecule has 1 aromatic rings. The monoisotopic (exact) mass is 329 g/mol. The number of para-hydroxylation sites is 1. The van der Waals surface area contributed by atoms with Crippen LogP contribution in [-0.4, -0.2) is 35.7 Å². The number of hydrogen-bond donors (Lipinski definition) is 1. The number of anilines is 1. The Balaban J connectivity index is 2.28. The third kappa shape index (κ3) is 4.66. The van der Waals surface area contributed by atoms with Crippen molar-refractivity contribution in [3.63, 3.8) is 0 Å². The van der Waals surface area contributed by atoms with E-state index in [0.29, 0.717) is 12.6 Å². The van der Waals surface area contributed by atoms with Gasteiger partial charge in [0.1, 0.15) is 0 Å². The Morgan fingerprint density at radius 3 is 2.83 bits per heavy atom. The first-order chi connectivity index (χ1) is 11.0. The molecule has 0 unspecified atom stereocenters. The molecule has 0 fully saturated rings. The lowest BCUT2D eigenvalue weighted by atomic mass is 10.1. The summed E-state index contributed by atoms with van der Waals surface area (Å²) < 4.78 is 0. The molecule has 0 spiro atoms. The van der Waals surface area contributed by atoms with Gasteiger partial charge in [0, 0.05) is 37.9 Å². The Morgan fingerprint density at radius 2 is 2.13 bits per heavy atom. The summed E-state index contributed by atoms with van der Waals surface area (Å²) in [6.45, 7) is 13.8. The van der Waals surface area contributed by atoms with Gasteiger partial charge in [-0.05, 0) is 44.6 Å². The maximum absolute atomic E-state index is 5.61. The van der Waals surface area contributed by atoms with Gasteiger partial charge in [-0.25, -0.2) is 0 Å². The number of nitrogens with zero attached hydrogens (tertiary/aromatic N) is 2. The predicted octanol–water partition coefficient (Wildman–Crippen LogP) is 3.72. The number of hydrogen-bond acceptors (Lipinski definition) is 2. The average molecular weight is 330 g/mol. The fourth-order valence-corrected chi connectivity index (χ4v) is 3.01. The zero-order chi connectivity index (χ0) is 16.8. The van der Waals surface area contributed by atoms with Gasteiger partial charge in [0.05, 0.1) is 0 Å². The van der Waals surface area contributed by atoms with E-state index < -0.39 is 0 Å². The third-order valence-electron chi connectivity index (χ3n) is 4.10. The Kier molecular flexibility index (Phi) is 6.37. The fourth-order valence-electron chi connectivity index (χ4n) is 2.75. The molecule has 0 saturated carbocycles. The topological polar surface area (TPSA) is 18.5 Å². The van der Waals surface area contributed by atoms with Gasteiger partial charge >= 0.3 is 0 Å². The highest BCUT2D eigenvalue weighted by atomic mass is 32.1. The van der Waals surface area contributed by atoms with E-state index >= 15 is 0 Å². The molecule has 0 aromatic heterocycles. The molecule has 0 bridgehead atoms. The van der Waals surface area contributed by atoms with Crippen molar-refractivity contribution >= 4 is 23.0 Å². The van der Waals surface area contributed by atoms with Crippen molar-refractivity contribution in [1.29, 1.82) is 0 Å². The van der Waals surface area contributed by atoms with Crippen molar-refractivity contribution < 1.29 is 0 Å². The normalized spacial score (nSPS) is 17.9. The first kappa shape index (κ1) is 17.7. The molecule has 0 saturated heterocycles. The lowest BCUT2D eigenvalue weighted by Gasteiger charge is -2.30. The maximum atomic E-state index is 5.61. The lowest BCUT2D eigenvalue weighted by Crippen LogP contribution is -2.46. The first-order valence-corrected chi connectivity index (χ1v) is 8.55. The van der Waals surface area contributed by atoms with E-state index in [1.165, 1.54) is 16.8 Å². The Hall–Kier alpha value is -1.65. The SMILES string of the molecule is C=CCNC(=S)N1C[C@H](C)N(CC=C(C)C)Cc2ccccc21. The molecule has 1 heterocycles. The third-order valence-corrected chi connectivity index (χ3v) is 4.47. The lowest BCUT2D eigenvalue weighted by molar-refractivity contribution is 0.233. The summed E-state index contributed by atoms with van der Waals surface area (Å²) in [5, 5.41) is 4.04. The molecule has 3 nitrogen and oxygen atoms in total. The van der Waals surface area contributed by atoms with Gasteiger partial charge in [-0.3, -0.25) is 4.90 Å². The molecule has 1 aliphatic rings. The van der Waals surface area contributed by atoms with E-state index in [0.717, 1.165) is 24.7 Å². The van der Waals surface area contributed by atoms with Gasteiger partial charge in [-0.2, -0.15) is 0 Å². The molecule has 0 amide bonds. The summed E-state index contributed by atoms with van der Waals surface area (Å²) in [6.07, 6.45) is 4.13. The largest absolute Gasteiger partial charge is 0.359 e. The van der Waals surface area contributed by atoms with E-state index in [2.05, 4.69) is 72.8 Å². The first-order valence-electron chi connectivity index (χ1n) is 8.14. The molecule has 0 aliphatic carbocycles. The van der Waals surface area contributed by atoms with Crippen LogP contribution in [0.3, 0.4) is 0 Å². The van der Waals surface area contributed by atoms with E-state index in [-0.39, 0.29) is 0 Å². The second-order valence-corrected chi connectivity index (χ2v) is 6.66. The Morgan fingerprint density at radius 1 is 1.39 bits per heavy atom. The number of rotatable bonds is 4. The minimum atomic E-state index is 0.418. The van der Waals surface area contributed by atoms with Crippen LogP contribution in [0.5, 0.6) is 0 Å². The number of thiocarbonyl (C=S) groups is 1. The standard InChI is InChI=1S/C19H27N3S/c1-5-11-20-19(23)22-13-16(4)21(12-10-15(2)3)14-17-8-6-7-9-18(17)22/h5-10,16H,1,11-14H2,2-4H3,(H,20,23)/t16-/m0/s1. The molecule has 1 N–H and O–H groups in total. The van der Waals surface area contributed by atoms with Gasteiger partial charge in [0.15, 0.2) is 5.11 Å². The van der Waals surface area contributed by atoms with Crippen LogP contribution >= 0.6 is 12.2 Å². The summed E-state index contributed by atoms with van der Waals surface area (Å²) in [5.74, 6) is 0. The smallest absolute Gasteiger partial charge is 0.173 e.